The van der Waals surface area contributed by atoms with Gasteiger partial charge in [-0.05, 0) is 32.0 Å². The molecule has 2 N–H and O–H groups in total. The first-order valence-electron chi connectivity index (χ1n) is 6.32. The van der Waals surface area contributed by atoms with E-state index in [-0.39, 0.29) is 12.1 Å². The summed E-state index contributed by atoms with van der Waals surface area (Å²) in [4.78, 5) is 12.4. The van der Waals surface area contributed by atoms with Crippen molar-refractivity contribution in [3.63, 3.8) is 0 Å². The molecule has 0 amide bonds. The van der Waals surface area contributed by atoms with Crippen molar-refractivity contribution in [3.05, 3.63) is 58.0 Å². The Kier molecular flexibility index (Phi) is 4.02. The number of nitrogens with zero attached hydrogens (tertiary/aromatic N) is 1. The van der Waals surface area contributed by atoms with Crippen LogP contribution in [0.4, 0.5) is 0 Å². The van der Waals surface area contributed by atoms with Crippen molar-refractivity contribution in [2.24, 2.45) is 5.73 Å². The van der Waals surface area contributed by atoms with Gasteiger partial charge in [0.15, 0.2) is 0 Å². The summed E-state index contributed by atoms with van der Waals surface area (Å²) in [6, 6.07) is 11.2. The highest BCUT2D eigenvalue weighted by Crippen LogP contribution is 2.22. The van der Waals surface area contributed by atoms with Crippen LogP contribution < -0.4 is 16.0 Å². The van der Waals surface area contributed by atoms with E-state index in [9.17, 15) is 4.79 Å². The molecule has 0 spiro atoms. The minimum atomic E-state index is -0.0883. The van der Waals surface area contributed by atoms with Crippen LogP contribution >= 0.6 is 0 Å². The SMILES string of the molecule is CCOc1ccccc1-n1c(C)ccc(CN)c1=O. The molecular weight excluding hydrogens is 240 g/mol. The van der Waals surface area contributed by atoms with E-state index in [2.05, 4.69) is 0 Å². The number of hydrogen-bond donors (Lipinski definition) is 1. The van der Waals surface area contributed by atoms with Crippen molar-refractivity contribution in [2.45, 2.75) is 20.4 Å². The zero-order valence-corrected chi connectivity index (χ0v) is 11.2. The molecule has 0 aliphatic carbocycles. The number of nitrogens with two attached hydrogens (primary N) is 1. The molecule has 19 heavy (non-hydrogen) atoms. The van der Waals surface area contributed by atoms with E-state index in [0.717, 1.165) is 11.4 Å². The molecule has 2 aromatic rings. The normalized spacial score (nSPS) is 10.5. The molecule has 4 heteroatoms. The van der Waals surface area contributed by atoms with Crippen LogP contribution in [0.5, 0.6) is 5.75 Å². The van der Waals surface area contributed by atoms with Crippen LogP contribution in [0.15, 0.2) is 41.2 Å². The Hall–Kier alpha value is -2.07. The third-order valence-corrected chi connectivity index (χ3v) is 2.98. The van der Waals surface area contributed by atoms with E-state index in [1.54, 1.807) is 10.6 Å². The molecular formula is C15H18N2O2. The fourth-order valence-corrected chi connectivity index (χ4v) is 2.04. The minimum Gasteiger partial charge on any atom is -0.492 e. The Labute approximate surface area is 112 Å². The van der Waals surface area contributed by atoms with Gasteiger partial charge >= 0.3 is 0 Å². The molecule has 0 fully saturated rings. The topological polar surface area (TPSA) is 57.2 Å². The largest absolute Gasteiger partial charge is 0.492 e. The number of aromatic nitrogens is 1. The van der Waals surface area contributed by atoms with Crippen molar-refractivity contribution >= 4 is 0 Å². The first-order chi connectivity index (χ1) is 9.19. The van der Waals surface area contributed by atoms with Gasteiger partial charge < -0.3 is 10.5 Å². The van der Waals surface area contributed by atoms with E-state index >= 15 is 0 Å². The summed E-state index contributed by atoms with van der Waals surface area (Å²) in [6.45, 7) is 4.60. The van der Waals surface area contributed by atoms with E-state index in [0.29, 0.717) is 17.9 Å². The fraction of sp³-hybridized carbons (Fsp3) is 0.267. The van der Waals surface area contributed by atoms with Gasteiger partial charge in [0.1, 0.15) is 5.75 Å². The van der Waals surface area contributed by atoms with Crippen LogP contribution in [0, 0.1) is 6.92 Å². The standard InChI is InChI=1S/C15H18N2O2/c1-3-19-14-7-5-4-6-13(14)17-11(2)8-9-12(10-16)15(17)18/h4-9H,3,10,16H2,1-2H3. The van der Waals surface area contributed by atoms with Gasteiger partial charge in [0.25, 0.3) is 5.56 Å². The monoisotopic (exact) mass is 258 g/mol. The van der Waals surface area contributed by atoms with Crippen LogP contribution in [0.1, 0.15) is 18.2 Å². The summed E-state index contributed by atoms with van der Waals surface area (Å²) in [6.07, 6.45) is 0. The first-order valence-corrected chi connectivity index (χ1v) is 6.32. The first kappa shape index (κ1) is 13.4. The summed E-state index contributed by atoms with van der Waals surface area (Å²) >= 11 is 0. The molecule has 0 bridgehead atoms. The van der Waals surface area contributed by atoms with Crippen LogP contribution in [0.25, 0.3) is 5.69 Å². The van der Waals surface area contributed by atoms with Crippen molar-refractivity contribution in [2.75, 3.05) is 6.61 Å². The number of benzene rings is 1. The number of aryl methyl sites for hydroxylation is 1. The molecule has 1 aromatic heterocycles. The molecule has 2 rings (SSSR count). The number of para-hydroxylation sites is 2. The van der Waals surface area contributed by atoms with Crippen molar-refractivity contribution in [1.29, 1.82) is 0 Å². The molecule has 100 valence electrons. The highest BCUT2D eigenvalue weighted by atomic mass is 16.5. The maximum Gasteiger partial charge on any atom is 0.259 e. The molecule has 0 aliphatic rings. The summed E-state index contributed by atoms with van der Waals surface area (Å²) in [5.41, 5.74) is 7.71. The Bertz CT molecular complexity index is 632. The second-order valence-electron chi connectivity index (χ2n) is 4.25. The second kappa shape index (κ2) is 5.71. The Morgan fingerprint density at radius 1 is 1.21 bits per heavy atom. The van der Waals surface area contributed by atoms with Crippen molar-refractivity contribution < 1.29 is 4.74 Å². The molecule has 1 heterocycles. The smallest absolute Gasteiger partial charge is 0.259 e. The Balaban J connectivity index is 2.68. The Morgan fingerprint density at radius 2 is 1.95 bits per heavy atom. The maximum atomic E-state index is 12.4. The Morgan fingerprint density at radius 3 is 2.63 bits per heavy atom. The third kappa shape index (κ3) is 2.53. The molecule has 0 aliphatic heterocycles. The van der Waals surface area contributed by atoms with Gasteiger partial charge in [-0.2, -0.15) is 0 Å². The highest BCUT2D eigenvalue weighted by Gasteiger charge is 2.11. The zero-order chi connectivity index (χ0) is 13.8. The molecule has 0 atom stereocenters. The molecule has 4 nitrogen and oxygen atoms in total. The van der Waals surface area contributed by atoms with Gasteiger partial charge in [-0.1, -0.05) is 18.2 Å². The van der Waals surface area contributed by atoms with Crippen molar-refractivity contribution in [3.8, 4) is 11.4 Å². The number of pyridine rings is 1. The van der Waals surface area contributed by atoms with Gasteiger partial charge in [0.05, 0.1) is 12.3 Å². The van der Waals surface area contributed by atoms with Gasteiger partial charge in [-0.25, -0.2) is 0 Å². The summed E-state index contributed by atoms with van der Waals surface area (Å²) < 4.78 is 7.23. The van der Waals surface area contributed by atoms with Gasteiger partial charge in [-0.3, -0.25) is 9.36 Å². The van der Waals surface area contributed by atoms with E-state index in [1.165, 1.54) is 0 Å². The number of ether oxygens (including phenoxy) is 1. The number of hydrogen-bond acceptors (Lipinski definition) is 3. The quantitative estimate of drug-likeness (QED) is 0.912. The average molecular weight is 258 g/mol. The van der Waals surface area contributed by atoms with Gasteiger partial charge in [0.2, 0.25) is 0 Å². The molecule has 0 saturated heterocycles. The average Bonchev–Trinajstić information content (AvgIpc) is 2.41. The van der Waals surface area contributed by atoms with E-state index in [1.807, 2.05) is 44.2 Å². The molecule has 1 aromatic carbocycles. The lowest BCUT2D eigenvalue weighted by molar-refractivity contribution is 0.338. The van der Waals surface area contributed by atoms with Gasteiger partial charge in [-0.15, -0.1) is 0 Å². The molecule has 0 unspecified atom stereocenters. The highest BCUT2D eigenvalue weighted by molar-refractivity contribution is 5.48. The van der Waals surface area contributed by atoms with Crippen LogP contribution in [-0.2, 0) is 6.54 Å². The van der Waals surface area contributed by atoms with Crippen LogP contribution in [0.2, 0.25) is 0 Å². The lowest BCUT2D eigenvalue weighted by Gasteiger charge is -2.15. The second-order valence-corrected chi connectivity index (χ2v) is 4.25. The predicted molar refractivity (Wildman–Crippen MR) is 75.8 cm³/mol. The van der Waals surface area contributed by atoms with Crippen molar-refractivity contribution in [1.82, 2.24) is 4.57 Å². The lowest BCUT2D eigenvalue weighted by atomic mass is 10.2. The van der Waals surface area contributed by atoms with Crippen LogP contribution in [-0.4, -0.2) is 11.2 Å². The minimum absolute atomic E-state index is 0.0883. The number of rotatable bonds is 4. The summed E-state index contributed by atoms with van der Waals surface area (Å²) in [7, 11) is 0. The maximum absolute atomic E-state index is 12.4. The molecule has 0 saturated carbocycles. The third-order valence-electron chi connectivity index (χ3n) is 2.98. The van der Waals surface area contributed by atoms with E-state index in [4.69, 9.17) is 10.5 Å². The van der Waals surface area contributed by atoms with Crippen LogP contribution in [0.3, 0.4) is 0 Å². The predicted octanol–water partition coefficient (Wildman–Crippen LogP) is 2.00. The molecule has 0 radical (unpaired) electrons. The lowest BCUT2D eigenvalue weighted by Crippen LogP contribution is -2.25. The van der Waals surface area contributed by atoms with E-state index < -0.39 is 0 Å². The zero-order valence-electron chi connectivity index (χ0n) is 11.2. The van der Waals surface area contributed by atoms with Gasteiger partial charge in [0, 0.05) is 17.8 Å². The fourth-order valence-electron chi connectivity index (χ4n) is 2.04. The summed E-state index contributed by atoms with van der Waals surface area (Å²) in [5, 5.41) is 0. The summed E-state index contributed by atoms with van der Waals surface area (Å²) in [5.74, 6) is 0.698.